The second kappa shape index (κ2) is 6.29. The minimum Gasteiger partial charge on any atom is -0.508 e. The Hall–Kier alpha value is -1.03. The fourth-order valence-corrected chi connectivity index (χ4v) is 6.86. The standard InChI is InChI=1S/C21H27BrO3/c1-12(23)25-20-14(11-22)10-19-18-5-3-13-9-15(24)4-6-16(13)17(18)7-8-21(19,20)2/h4,6,9,14,17-20,24H,3,5,7-8,10-11H2,1-2H3/t14-,17+,18+,19-,20-,21-/m0/s1. The smallest absolute Gasteiger partial charge is 0.302 e. The minimum atomic E-state index is -0.149. The van der Waals surface area contributed by atoms with Crippen molar-refractivity contribution >= 4 is 21.9 Å². The molecular weight excluding hydrogens is 380 g/mol. The Kier molecular flexibility index (Phi) is 4.38. The van der Waals surface area contributed by atoms with E-state index >= 15 is 0 Å². The van der Waals surface area contributed by atoms with Crippen LogP contribution < -0.4 is 0 Å². The van der Waals surface area contributed by atoms with Crippen molar-refractivity contribution in [3.8, 4) is 5.75 Å². The zero-order valence-corrected chi connectivity index (χ0v) is 16.6. The van der Waals surface area contributed by atoms with Crippen LogP contribution in [-0.4, -0.2) is 22.5 Å². The van der Waals surface area contributed by atoms with Crippen molar-refractivity contribution < 1.29 is 14.6 Å². The number of carbonyl (C=O) groups excluding carboxylic acids is 1. The highest BCUT2D eigenvalue weighted by Crippen LogP contribution is 2.63. The number of ether oxygens (including phenoxy) is 1. The number of carbonyl (C=O) groups is 1. The van der Waals surface area contributed by atoms with E-state index in [1.54, 1.807) is 0 Å². The molecule has 0 heterocycles. The van der Waals surface area contributed by atoms with E-state index < -0.39 is 0 Å². The zero-order chi connectivity index (χ0) is 17.8. The average Bonchev–Trinajstić information content (AvgIpc) is 2.86. The second-order valence-electron chi connectivity index (χ2n) is 8.52. The van der Waals surface area contributed by atoms with E-state index in [0.717, 1.165) is 31.0 Å². The lowest BCUT2D eigenvalue weighted by Crippen LogP contribution is -2.46. The van der Waals surface area contributed by atoms with Gasteiger partial charge in [0.1, 0.15) is 11.9 Å². The van der Waals surface area contributed by atoms with Gasteiger partial charge in [-0.05, 0) is 73.1 Å². The van der Waals surface area contributed by atoms with Crippen LogP contribution in [0.2, 0.25) is 0 Å². The Bertz CT molecular complexity index is 688. The molecular formula is C21H27BrO3. The first-order chi connectivity index (χ1) is 11.9. The number of rotatable bonds is 2. The molecule has 0 aromatic heterocycles. The molecule has 0 saturated heterocycles. The van der Waals surface area contributed by atoms with Crippen molar-refractivity contribution in [1.29, 1.82) is 0 Å². The minimum absolute atomic E-state index is 0.0385. The van der Waals surface area contributed by atoms with Gasteiger partial charge in [-0.15, -0.1) is 0 Å². The number of hydrogen-bond acceptors (Lipinski definition) is 3. The summed E-state index contributed by atoms with van der Waals surface area (Å²) < 4.78 is 5.85. The van der Waals surface area contributed by atoms with E-state index in [1.165, 1.54) is 24.5 Å². The Morgan fingerprint density at radius 1 is 1.40 bits per heavy atom. The topological polar surface area (TPSA) is 46.5 Å². The van der Waals surface area contributed by atoms with Crippen LogP contribution in [0.25, 0.3) is 0 Å². The summed E-state index contributed by atoms with van der Waals surface area (Å²) in [4.78, 5) is 11.7. The summed E-state index contributed by atoms with van der Waals surface area (Å²) in [7, 11) is 0. The highest BCUT2D eigenvalue weighted by Gasteiger charge is 2.59. The van der Waals surface area contributed by atoms with Gasteiger partial charge in [0.25, 0.3) is 0 Å². The third kappa shape index (κ3) is 2.72. The molecule has 136 valence electrons. The molecule has 0 amide bonds. The number of phenols is 1. The largest absolute Gasteiger partial charge is 0.508 e. The van der Waals surface area contributed by atoms with Gasteiger partial charge in [0, 0.05) is 23.6 Å². The number of hydrogen-bond donors (Lipinski definition) is 1. The number of aromatic hydroxyl groups is 1. The Labute approximate surface area is 158 Å². The molecule has 6 atom stereocenters. The number of alkyl halides is 1. The van der Waals surface area contributed by atoms with Gasteiger partial charge in [-0.1, -0.05) is 28.9 Å². The molecule has 1 aromatic rings. The summed E-state index contributed by atoms with van der Waals surface area (Å²) in [5.41, 5.74) is 2.87. The number of aryl methyl sites for hydroxylation is 1. The van der Waals surface area contributed by atoms with Gasteiger partial charge in [0.2, 0.25) is 0 Å². The van der Waals surface area contributed by atoms with Crippen LogP contribution in [0.4, 0.5) is 0 Å². The predicted octanol–water partition coefficient (Wildman–Crippen LogP) is 4.80. The quantitative estimate of drug-likeness (QED) is 0.566. The molecule has 1 N–H and O–H groups in total. The molecule has 4 rings (SSSR count). The van der Waals surface area contributed by atoms with Crippen LogP contribution >= 0.6 is 15.9 Å². The number of halogens is 1. The maximum atomic E-state index is 11.7. The van der Waals surface area contributed by atoms with Crippen molar-refractivity contribution in [3.63, 3.8) is 0 Å². The van der Waals surface area contributed by atoms with E-state index in [-0.39, 0.29) is 17.5 Å². The van der Waals surface area contributed by atoms with Crippen molar-refractivity contribution in [3.05, 3.63) is 29.3 Å². The molecule has 2 saturated carbocycles. The Morgan fingerprint density at radius 2 is 2.20 bits per heavy atom. The molecule has 0 bridgehead atoms. The summed E-state index contributed by atoms with van der Waals surface area (Å²) >= 11 is 3.67. The van der Waals surface area contributed by atoms with E-state index in [0.29, 0.717) is 29.4 Å². The number of esters is 1. The lowest BCUT2D eigenvalue weighted by Gasteiger charge is -2.50. The molecule has 0 aliphatic heterocycles. The molecule has 3 aliphatic rings. The molecule has 0 radical (unpaired) electrons. The predicted molar refractivity (Wildman–Crippen MR) is 101 cm³/mol. The highest BCUT2D eigenvalue weighted by molar-refractivity contribution is 9.09. The summed E-state index contributed by atoms with van der Waals surface area (Å²) in [5, 5.41) is 10.7. The lowest BCUT2D eigenvalue weighted by atomic mass is 9.55. The van der Waals surface area contributed by atoms with Gasteiger partial charge >= 0.3 is 5.97 Å². The molecule has 2 fully saturated rings. The molecule has 25 heavy (non-hydrogen) atoms. The van der Waals surface area contributed by atoms with Crippen LogP contribution in [0, 0.1) is 23.2 Å². The first-order valence-electron chi connectivity index (χ1n) is 9.49. The van der Waals surface area contributed by atoms with Crippen LogP contribution in [0.5, 0.6) is 5.75 Å². The molecule has 0 spiro atoms. The SMILES string of the molecule is CC(=O)O[C@H]1[C@H](CBr)C[C@H]2[C@@H]3CCc4cc(O)ccc4[C@H]3CC[C@@]21C. The van der Waals surface area contributed by atoms with Crippen LogP contribution in [0.15, 0.2) is 18.2 Å². The molecule has 4 heteroatoms. The normalized spacial score (nSPS) is 39.2. The maximum Gasteiger partial charge on any atom is 0.302 e. The van der Waals surface area contributed by atoms with Gasteiger partial charge in [-0.3, -0.25) is 4.79 Å². The zero-order valence-electron chi connectivity index (χ0n) is 15.0. The van der Waals surface area contributed by atoms with Crippen molar-refractivity contribution in [1.82, 2.24) is 0 Å². The summed E-state index contributed by atoms with van der Waals surface area (Å²) in [6, 6.07) is 5.94. The molecule has 1 aromatic carbocycles. The van der Waals surface area contributed by atoms with E-state index in [2.05, 4.69) is 28.9 Å². The second-order valence-corrected chi connectivity index (χ2v) is 9.17. The van der Waals surface area contributed by atoms with Gasteiger partial charge in [0.15, 0.2) is 0 Å². The lowest BCUT2D eigenvalue weighted by molar-refractivity contribution is -0.157. The summed E-state index contributed by atoms with van der Waals surface area (Å²) in [6.07, 6.45) is 5.69. The highest BCUT2D eigenvalue weighted by atomic mass is 79.9. The van der Waals surface area contributed by atoms with Crippen LogP contribution in [0.1, 0.15) is 56.6 Å². The Morgan fingerprint density at radius 3 is 2.92 bits per heavy atom. The van der Waals surface area contributed by atoms with Gasteiger partial charge < -0.3 is 9.84 Å². The van der Waals surface area contributed by atoms with Crippen LogP contribution in [-0.2, 0) is 16.0 Å². The third-order valence-electron chi connectivity index (χ3n) is 7.27. The number of benzene rings is 1. The molecule has 3 aliphatic carbocycles. The fraction of sp³-hybridized carbons (Fsp3) is 0.667. The third-order valence-corrected chi connectivity index (χ3v) is 8.11. The molecule has 3 nitrogen and oxygen atoms in total. The first-order valence-corrected chi connectivity index (χ1v) is 10.6. The average molecular weight is 407 g/mol. The van der Waals surface area contributed by atoms with Gasteiger partial charge in [-0.2, -0.15) is 0 Å². The Balaban J connectivity index is 1.67. The first kappa shape index (κ1) is 17.4. The summed E-state index contributed by atoms with van der Waals surface area (Å²) in [6.45, 7) is 3.90. The van der Waals surface area contributed by atoms with Crippen molar-refractivity contribution in [2.24, 2.45) is 23.2 Å². The number of fused-ring (bicyclic) bond motifs is 5. The van der Waals surface area contributed by atoms with Crippen molar-refractivity contribution in [2.45, 2.75) is 58.0 Å². The molecule has 0 unspecified atom stereocenters. The van der Waals surface area contributed by atoms with E-state index in [9.17, 15) is 9.90 Å². The van der Waals surface area contributed by atoms with Crippen LogP contribution in [0.3, 0.4) is 0 Å². The van der Waals surface area contributed by atoms with Crippen molar-refractivity contribution in [2.75, 3.05) is 5.33 Å². The number of phenolic OH excluding ortho intramolecular Hbond substituents is 1. The van der Waals surface area contributed by atoms with E-state index in [4.69, 9.17) is 4.74 Å². The fourth-order valence-electron chi connectivity index (χ4n) is 6.26. The van der Waals surface area contributed by atoms with E-state index in [1.807, 2.05) is 12.1 Å². The van der Waals surface area contributed by atoms with Gasteiger partial charge in [0.05, 0.1) is 0 Å². The van der Waals surface area contributed by atoms with Gasteiger partial charge in [-0.25, -0.2) is 0 Å². The monoisotopic (exact) mass is 406 g/mol. The summed E-state index contributed by atoms with van der Waals surface area (Å²) in [5.74, 6) is 2.52. The maximum absolute atomic E-state index is 11.7.